The summed E-state index contributed by atoms with van der Waals surface area (Å²) in [6, 6.07) is 3.58. The second-order valence-corrected chi connectivity index (χ2v) is 7.70. The molecule has 0 fully saturated rings. The summed E-state index contributed by atoms with van der Waals surface area (Å²) < 4.78 is 27.7. The minimum absolute atomic E-state index is 0.113. The van der Waals surface area contributed by atoms with Gasteiger partial charge in [0.25, 0.3) is 6.43 Å². The molecule has 27 heavy (non-hydrogen) atoms. The van der Waals surface area contributed by atoms with Crippen LogP contribution in [0.5, 0.6) is 0 Å². The SMILES string of the molecule is CC(C)(C)CNc1ncc2c(-c3ccc4ncc(C(F)F)n4c3)c[nH]c2n1. The molecule has 6 nitrogen and oxygen atoms in total. The van der Waals surface area contributed by atoms with Gasteiger partial charge in [0.2, 0.25) is 5.95 Å². The van der Waals surface area contributed by atoms with E-state index in [-0.39, 0.29) is 11.1 Å². The third-order valence-corrected chi connectivity index (χ3v) is 4.28. The van der Waals surface area contributed by atoms with E-state index < -0.39 is 6.43 Å². The zero-order valence-electron chi connectivity index (χ0n) is 15.3. The maximum Gasteiger partial charge on any atom is 0.280 e. The van der Waals surface area contributed by atoms with E-state index >= 15 is 0 Å². The highest BCUT2D eigenvalue weighted by Crippen LogP contribution is 2.29. The minimum Gasteiger partial charge on any atom is -0.354 e. The molecule has 0 bridgehead atoms. The molecule has 2 N–H and O–H groups in total. The first-order valence-electron chi connectivity index (χ1n) is 8.65. The van der Waals surface area contributed by atoms with Crippen molar-refractivity contribution in [3.05, 3.63) is 42.6 Å². The lowest BCUT2D eigenvalue weighted by molar-refractivity contribution is 0.145. The van der Waals surface area contributed by atoms with Gasteiger partial charge in [-0.3, -0.25) is 4.40 Å². The van der Waals surface area contributed by atoms with Crippen molar-refractivity contribution in [2.45, 2.75) is 27.2 Å². The topological polar surface area (TPSA) is 70.9 Å². The van der Waals surface area contributed by atoms with Crippen LogP contribution in [0.25, 0.3) is 27.8 Å². The van der Waals surface area contributed by atoms with Gasteiger partial charge >= 0.3 is 0 Å². The van der Waals surface area contributed by atoms with Gasteiger partial charge in [-0.05, 0) is 17.5 Å². The number of aromatic amines is 1. The molecule has 4 heterocycles. The summed E-state index contributed by atoms with van der Waals surface area (Å²) in [5, 5.41) is 4.06. The van der Waals surface area contributed by atoms with Crippen molar-refractivity contribution in [2.24, 2.45) is 5.41 Å². The van der Waals surface area contributed by atoms with E-state index in [2.05, 4.69) is 46.0 Å². The zero-order valence-corrected chi connectivity index (χ0v) is 15.3. The zero-order chi connectivity index (χ0) is 19.2. The van der Waals surface area contributed by atoms with Gasteiger partial charge < -0.3 is 10.3 Å². The molecule has 0 amide bonds. The Morgan fingerprint density at radius 2 is 2.00 bits per heavy atom. The van der Waals surface area contributed by atoms with E-state index in [0.717, 1.165) is 23.1 Å². The summed E-state index contributed by atoms with van der Waals surface area (Å²) in [5.74, 6) is 0.552. The van der Waals surface area contributed by atoms with Crippen molar-refractivity contribution in [3.63, 3.8) is 0 Å². The lowest BCUT2D eigenvalue weighted by Gasteiger charge is -2.18. The van der Waals surface area contributed by atoms with Crippen LogP contribution in [-0.4, -0.2) is 30.9 Å². The van der Waals surface area contributed by atoms with Crippen molar-refractivity contribution in [3.8, 4) is 11.1 Å². The Balaban J connectivity index is 1.72. The van der Waals surface area contributed by atoms with Crippen molar-refractivity contribution in [1.82, 2.24) is 24.3 Å². The van der Waals surface area contributed by atoms with E-state index in [1.54, 1.807) is 18.5 Å². The Hall–Kier alpha value is -3.03. The lowest BCUT2D eigenvalue weighted by Crippen LogP contribution is -2.20. The normalized spacial score (nSPS) is 12.4. The van der Waals surface area contributed by atoms with Crippen molar-refractivity contribution in [1.29, 1.82) is 0 Å². The Bertz CT molecular complexity index is 1110. The summed E-state index contributed by atoms with van der Waals surface area (Å²) in [6.45, 7) is 7.14. The van der Waals surface area contributed by atoms with Gasteiger partial charge in [-0.2, -0.15) is 4.98 Å². The molecule has 0 unspecified atom stereocenters. The van der Waals surface area contributed by atoms with Crippen LogP contribution >= 0.6 is 0 Å². The number of fused-ring (bicyclic) bond motifs is 2. The highest BCUT2D eigenvalue weighted by atomic mass is 19.3. The number of H-pyrrole nitrogens is 1. The summed E-state index contributed by atoms with van der Waals surface area (Å²) in [6.07, 6.45) is 3.84. The number of hydrogen-bond acceptors (Lipinski definition) is 4. The third-order valence-electron chi connectivity index (χ3n) is 4.28. The molecule has 0 aliphatic carbocycles. The highest BCUT2D eigenvalue weighted by Gasteiger charge is 2.16. The molecule has 0 aliphatic rings. The molecule has 4 rings (SSSR count). The van der Waals surface area contributed by atoms with Crippen LogP contribution in [0.1, 0.15) is 32.9 Å². The maximum atomic E-state index is 13.2. The molecule has 140 valence electrons. The second kappa shape index (κ2) is 6.29. The number of nitrogens with zero attached hydrogens (tertiary/aromatic N) is 4. The molecule has 0 saturated carbocycles. The van der Waals surface area contributed by atoms with Gasteiger partial charge in [-0.15, -0.1) is 0 Å². The van der Waals surface area contributed by atoms with E-state index in [1.807, 2.05) is 12.3 Å². The van der Waals surface area contributed by atoms with Crippen molar-refractivity contribution in [2.75, 3.05) is 11.9 Å². The number of anilines is 1. The van der Waals surface area contributed by atoms with Crippen LogP contribution in [0.4, 0.5) is 14.7 Å². The fourth-order valence-electron chi connectivity index (χ4n) is 2.90. The first-order valence-corrected chi connectivity index (χ1v) is 8.65. The van der Waals surface area contributed by atoms with Gasteiger partial charge in [-0.1, -0.05) is 20.8 Å². The maximum absolute atomic E-state index is 13.2. The molecular formula is C19H20F2N6. The van der Waals surface area contributed by atoms with Gasteiger partial charge in [0.15, 0.2) is 0 Å². The van der Waals surface area contributed by atoms with Crippen LogP contribution in [-0.2, 0) is 0 Å². The molecule has 0 atom stereocenters. The van der Waals surface area contributed by atoms with Crippen LogP contribution < -0.4 is 5.32 Å². The van der Waals surface area contributed by atoms with Crippen molar-refractivity contribution >= 4 is 22.6 Å². The monoisotopic (exact) mass is 370 g/mol. The first-order chi connectivity index (χ1) is 12.8. The molecule has 0 spiro atoms. The van der Waals surface area contributed by atoms with E-state index in [1.165, 1.54) is 10.6 Å². The third kappa shape index (κ3) is 3.34. The molecule has 0 radical (unpaired) electrons. The van der Waals surface area contributed by atoms with Gasteiger partial charge in [0.1, 0.15) is 17.0 Å². The summed E-state index contributed by atoms with van der Waals surface area (Å²) in [4.78, 5) is 16.0. The first kappa shape index (κ1) is 17.4. The highest BCUT2D eigenvalue weighted by molar-refractivity contribution is 5.93. The predicted molar refractivity (Wildman–Crippen MR) is 101 cm³/mol. The lowest BCUT2D eigenvalue weighted by atomic mass is 9.97. The Morgan fingerprint density at radius 1 is 1.19 bits per heavy atom. The molecule has 8 heteroatoms. The van der Waals surface area contributed by atoms with E-state index in [0.29, 0.717) is 17.2 Å². The summed E-state index contributed by atoms with van der Waals surface area (Å²) in [7, 11) is 0. The number of nitrogens with one attached hydrogen (secondary N) is 2. The van der Waals surface area contributed by atoms with Crippen LogP contribution in [0, 0.1) is 5.41 Å². The van der Waals surface area contributed by atoms with Crippen molar-refractivity contribution < 1.29 is 8.78 Å². The molecule has 0 saturated heterocycles. The molecule has 0 aromatic carbocycles. The number of pyridine rings is 1. The molecule has 0 aliphatic heterocycles. The Morgan fingerprint density at radius 3 is 2.74 bits per heavy atom. The average Bonchev–Trinajstić information content (AvgIpc) is 3.22. The Kier molecular flexibility index (Phi) is 4.05. The number of halogens is 2. The molecule has 4 aromatic heterocycles. The standard InChI is InChI=1S/C19H20F2N6/c1-19(2,3)10-25-18-24-7-13-12(6-23-17(13)26-18)11-4-5-15-22-8-14(16(20)21)27(15)9-11/h4-9,16H,10H2,1-3H3,(H2,23,24,25,26). The summed E-state index contributed by atoms with van der Waals surface area (Å²) in [5.41, 5.74) is 2.80. The number of hydrogen-bond donors (Lipinski definition) is 2. The van der Waals surface area contributed by atoms with E-state index in [4.69, 9.17) is 0 Å². The Labute approximate surface area is 154 Å². The fourth-order valence-corrected chi connectivity index (χ4v) is 2.90. The minimum atomic E-state index is -2.59. The largest absolute Gasteiger partial charge is 0.354 e. The van der Waals surface area contributed by atoms with Gasteiger partial charge in [0.05, 0.1) is 6.20 Å². The quantitative estimate of drug-likeness (QED) is 0.548. The number of rotatable bonds is 4. The number of aromatic nitrogens is 5. The predicted octanol–water partition coefficient (Wildman–Crippen LogP) is 4.67. The summed E-state index contributed by atoms with van der Waals surface area (Å²) >= 11 is 0. The number of alkyl halides is 2. The van der Waals surface area contributed by atoms with Crippen LogP contribution in [0.3, 0.4) is 0 Å². The number of imidazole rings is 1. The fraction of sp³-hybridized carbons (Fsp3) is 0.316. The van der Waals surface area contributed by atoms with Crippen LogP contribution in [0.2, 0.25) is 0 Å². The smallest absolute Gasteiger partial charge is 0.280 e. The van der Waals surface area contributed by atoms with E-state index in [9.17, 15) is 8.78 Å². The second-order valence-electron chi connectivity index (χ2n) is 7.70. The van der Waals surface area contributed by atoms with Crippen LogP contribution in [0.15, 0.2) is 36.9 Å². The average molecular weight is 370 g/mol. The van der Waals surface area contributed by atoms with Gasteiger partial charge in [0, 0.05) is 41.6 Å². The molecular weight excluding hydrogens is 350 g/mol. The molecule has 4 aromatic rings. The van der Waals surface area contributed by atoms with Gasteiger partial charge in [-0.25, -0.2) is 18.7 Å².